The van der Waals surface area contributed by atoms with Gasteiger partial charge in [0.25, 0.3) is 5.91 Å². The molecule has 0 atom stereocenters. The number of nitrogens with zero attached hydrogens (tertiary/aromatic N) is 1. The van der Waals surface area contributed by atoms with Gasteiger partial charge in [-0.05, 0) is 89.9 Å². The Morgan fingerprint density at radius 3 is 2.50 bits per heavy atom. The monoisotopic (exact) mass is 443 g/mol. The van der Waals surface area contributed by atoms with E-state index < -0.39 is 0 Å². The molecule has 0 spiro atoms. The summed E-state index contributed by atoms with van der Waals surface area (Å²) in [5.74, 6) is 0.0213. The van der Waals surface area contributed by atoms with Crippen LogP contribution in [0.1, 0.15) is 52.7 Å². The van der Waals surface area contributed by atoms with Gasteiger partial charge in [-0.3, -0.25) is 4.79 Å². The van der Waals surface area contributed by atoms with Gasteiger partial charge in [0.1, 0.15) is 5.82 Å². The van der Waals surface area contributed by atoms with E-state index in [0.29, 0.717) is 34.6 Å². The molecule has 3 aromatic carbocycles. The molecule has 2 nitrogen and oxygen atoms in total. The molecule has 0 aromatic heterocycles. The van der Waals surface area contributed by atoms with Crippen molar-refractivity contribution < 1.29 is 9.18 Å². The Hall–Kier alpha value is -2.10. The minimum Gasteiger partial charge on any atom is -0.339 e. The third-order valence-corrected chi connectivity index (χ3v) is 6.80. The van der Waals surface area contributed by atoms with E-state index in [2.05, 4.69) is 19.9 Å². The number of halogens is 3. The van der Waals surface area contributed by atoms with Gasteiger partial charge in [-0.1, -0.05) is 42.3 Å². The average Bonchev–Trinajstić information content (AvgIpc) is 2.73. The Labute approximate surface area is 186 Å². The van der Waals surface area contributed by atoms with Gasteiger partial charge in [-0.15, -0.1) is 0 Å². The van der Waals surface area contributed by atoms with Crippen molar-refractivity contribution in [3.05, 3.63) is 80.6 Å². The number of aryl methyl sites for hydroxylation is 1. The summed E-state index contributed by atoms with van der Waals surface area (Å²) in [5.41, 5.74) is 4.27. The molecule has 1 fully saturated rings. The number of benzene rings is 3. The van der Waals surface area contributed by atoms with E-state index in [0.717, 1.165) is 30.0 Å². The molecule has 1 amide bonds. The number of piperidine rings is 1. The van der Waals surface area contributed by atoms with E-state index in [9.17, 15) is 9.18 Å². The van der Waals surface area contributed by atoms with Crippen LogP contribution in [0.15, 0.2) is 42.5 Å². The summed E-state index contributed by atoms with van der Waals surface area (Å²) in [4.78, 5) is 14.8. The van der Waals surface area contributed by atoms with Gasteiger partial charge in [0.05, 0.1) is 10.6 Å². The molecule has 4 rings (SSSR count). The first-order valence-corrected chi connectivity index (χ1v) is 11.1. The van der Waals surface area contributed by atoms with Crippen LogP contribution in [0.5, 0.6) is 0 Å². The van der Waals surface area contributed by atoms with Crippen molar-refractivity contribution >= 4 is 39.9 Å². The third-order valence-electron chi connectivity index (χ3n) is 6.25. The number of carbonyl (C=O) groups excluding carboxylic acids is 1. The van der Waals surface area contributed by atoms with Crippen LogP contribution in [0, 0.1) is 12.7 Å². The molecule has 30 heavy (non-hydrogen) atoms. The second kappa shape index (κ2) is 8.56. The first-order chi connectivity index (χ1) is 14.4. The second-order valence-corrected chi connectivity index (χ2v) is 8.83. The van der Waals surface area contributed by atoms with E-state index in [4.69, 9.17) is 23.2 Å². The highest BCUT2D eigenvalue weighted by Crippen LogP contribution is 2.38. The van der Waals surface area contributed by atoms with Crippen molar-refractivity contribution in [2.45, 2.75) is 39.0 Å². The van der Waals surface area contributed by atoms with Crippen LogP contribution in [-0.2, 0) is 6.42 Å². The number of amides is 1. The molecule has 0 radical (unpaired) electrons. The minimum absolute atomic E-state index is 0.0648. The second-order valence-electron chi connectivity index (χ2n) is 7.98. The molecule has 0 aliphatic carbocycles. The molecule has 0 unspecified atom stereocenters. The van der Waals surface area contributed by atoms with Gasteiger partial charge < -0.3 is 4.90 Å². The number of carbonyl (C=O) groups is 1. The fraction of sp³-hybridized carbons (Fsp3) is 0.320. The molecule has 0 N–H and O–H groups in total. The maximum Gasteiger partial charge on any atom is 0.255 e. The van der Waals surface area contributed by atoms with Crippen molar-refractivity contribution in [1.29, 1.82) is 0 Å². The topological polar surface area (TPSA) is 20.3 Å². The van der Waals surface area contributed by atoms with Gasteiger partial charge in [0.15, 0.2) is 0 Å². The Kier molecular flexibility index (Phi) is 6.04. The number of hydrogen-bond acceptors (Lipinski definition) is 1. The molecule has 1 saturated heterocycles. The van der Waals surface area contributed by atoms with Gasteiger partial charge >= 0.3 is 0 Å². The molecule has 5 heteroatoms. The highest BCUT2D eigenvalue weighted by Gasteiger charge is 2.28. The van der Waals surface area contributed by atoms with Gasteiger partial charge in [0.2, 0.25) is 0 Å². The molecular formula is C25H24Cl2FNO. The summed E-state index contributed by atoms with van der Waals surface area (Å²) in [6.07, 6.45) is 2.63. The third kappa shape index (κ3) is 3.93. The van der Waals surface area contributed by atoms with Crippen LogP contribution in [-0.4, -0.2) is 23.9 Å². The summed E-state index contributed by atoms with van der Waals surface area (Å²) in [7, 11) is 0. The largest absolute Gasteiger partial charge is 0.339 e. The molecule has 1 heterocycles. The predicted molar refractivity (Wildman–Crippen MR) is 122 cm³/mol. The molecule has 3 aromatic rings. The molecule has 1 aliphatic rings. The molecule has 0 bridgehead atoms. The van der Waals surface area contributed by atoms with Crippen LogP contribution < -0.4 is 0 Å². The van der Waals surface area contributed by atoms with Crippen molar-refractivity contribution in [3.63, 3.8) is 0 Å². The van der Waals surface area contributed by atoms with Crippen molar-refractivity contribution in [1.82, 2.24) is 4.90 Å². The highest BCUT2D eigenvalue weighted by molar-refractivity contribution is 6.36. The number of fused-ring (bicyclic) bond motifs is 1. The van der Waals surface area contributed by atoms with E-state index in [1.54, 1.807) is 24.3 Å². The lowest BCUT2D eigenvalue weighted by atomic mass is 9.81. The standard InChI is InChI=1S/C25H24Cl2FNO/c1-3-16-12-18-4-6-20(28)14-22(18)24(15(16)2)17-8-10-29(11-9-17)25(30)21-7-5-19(26)13-23(21)27/h4-7,12-14,17H,3,8-11H2,1-2H3. The zero-order valence-corrected chi connectivity index (χ0v) is 18.7. The predicted octanol–water partition coefficient (Wildman–Crippen LogP) is 7.18. The number of likely N-dealkylation sites (tertiary alicyclic amines) is 1. The summed E-state index contributed by atoms with van der Waals surface area (Å²) < 4.78 is 14.0. The fourth-order valence-corrected chi connectivity index (χ4v) is 5.15. The van der Waals surface area contributed by atoms with Gasteiger partial charge in [-0.2, -0.15) is 0 Å². The highest BCUT2D eigenvalue weighted by atomic mass is 35.5. The van der Waals surface area contributed by atoms with Crippen molar-refractivity contribution in [2.75, 3.05) is 13.1 Å². The maximum atomic E-state index is 14.0. The molecule has 1 aliphatic heterocycles. The van der Waals surface area contributed by atoms with Crippen LogP contribution in [0.4, 0.5) is 4.39 Å². The Morgan fingerprint density at radius 1 is 1.10 bits per heavy atom. The van der Waals surface area contributed by atoms with E-state index >= 15 is 0 Å². The van der Waals surface area contributed by atoms with Crippen LogP contribution in [0.2, 0.25) is 10.0 Å². The maximum absolute atomic E-state index is 14.0. The Bertz CT molecular complexity index is 1120. The first kappa shape index (κ1) is 21.1. The first-order valence-electron chi connectivity index (χ1n) is 10.3. The van der Waals surface area contributed by atoms with Crippen LogP contribution >= 0.6 is 23.2 Å². The minimum atomic E-state index is -0.211. The fourth-order valence-electron chi connectivity index (χ4n) is 4.66. The van der Waals surface area contributed by atoms with E-state index in [1.165, 1.54) is 22.8 Å². The lowest BCUT2D eigenvalue weighted by Crippen LogP contribution is -2.38. The van der Waals surface area contributed by atoms with E-state index in [-0.39, 0.29) is 11.7 Å². The number of rotatable bonds is 3. The molecule has 156 valence electrons. The van der Waals surface area contributed by atoms with Crippen LogP contribution in [0.25, 0.3) is 10.8 Å². The Balaban J connectivity index is 1.61. The van der Waals surface area contributed by atoms with Gasteiger partial charge in [-0.25, -0.2) is 4.39 Å². The smallest absolute Gasteiger partial charge is 0.255 e. The SMILES string of the molecule is CCc1cc2ccc(F)cc2c(C2CCN(C(=O)c3ccc(Cl)cc3Cl)CC2)c1C. The quantitative estimate of drug-likeness (QED) is 0.419. The summed E-state index contributed by atoms with van der Waals surface area (Å²) in [6.45, 7) is 5.59. The lowest BCUT2D eigenvalue weighted by Gasteiger charge is -2.34. The van der Waals surface area contributed by atoms with E-state index in [1.807, 2.05) is 11.0 Å². The molecule has 0 saturated carbocycles. The van der Waals surface area contributed by atoms with Crippen LogP contribution in [0.3, 0.4) is 0 Å². The Morgan fingerprint density at radius 2 is 1.83 bits per heavy atom. The van der Waals surface area contributed by atoms with Crippen molar-refractivity contribution in [2.24, 2.45) is 0 Å². The molecular weight excluding hydrogens is 420 g/mol. The average molecular weight is 444 g/mol. The van der Waals surface area contributed by atoms with Gasteiger partial charge in [0, 0.05) is 18.1 Å². The lowest BCUT2D eigenvalue weighted by molar-refractivity contribution is 0.0713. The zero-order chi connectivity index (χ0) is 21.4. The zero-order valence-electron chi connectivity index (χ0n) is 17.1. The van der Waals surface area contributed by atoms with Crippen molar-refractivity contribution in [3.8, 4) is 0 Å². The summed E-state index contributed by atoms with van der Waals surface area (Å²) in [6, 6.07) is 12.2. The summed E-state index contributed by atoms with van der Waals surface area (Å²) in [5, 5.41) is 2.97. The number of hydrogen-bond donors (Lipinski definition) is 0. The normalized spacial score (nSPS) is 15.0. The summed E-state index contributed by atoms with van der Waals surface area (Å²) >= 11 is 12.2.